The molecule has 5 nitrogen and oxygen atoms in total. The third-order valence-corrected chi connectivity index (χ3v) is 5.51. The Bertz CT molecular complexity index is 597. The monoisotopic (exact) mass is 297 g/mol. The zero-order valence-corrected chi connectivity index (χ0v) is 12.3. The van der Waals surface area contributed by atoms with E-state index in [0.717, 1.165) is 0 Å². The predicted molar refractivity (Wildman–Crippen MR) is 76.7 cm³/mol. The van der Waals surface area contributed by atoms with Crippen LogP contribution in [0.4, 0.5) is 5.69 Å². The van der Waals surface area contributed by atoms with Crippen LogP contribution in [0.15, 0.2) is 29.2 Å². The summed E-state index contributed by atoms with van der Waals surface area (Å²) in [5.41, 5.74) is 0.629. The Labute approximate surface area is 119 Å². The Morgan fingerprint density at radius 1 is 1.40 bits per heavy atom. The molecule has 1 fully saturated rings. The van der Waals surface area contributed by atoms with Crippen LogP contribution in [0.25, 0.3) is 0 Å². The molecule has 0 radical (unpaired) electrons. The summed E-state index contributed by atoms with van der Waals surface area (Å²) in [6.07, 6.45) is 1.12. The summed E-state index contributed by atoms with van der Waals surface area (Å²) in [7, 11) is -3.31. The smallest absolute Gasteiger partial charge is 0.308 e. The van der Waals surface area contributed by atoms with Crippen molar-refractivity contribution in [2.45, 2.75) is 24.7 Å². The van der Waals surface area contributed by atoms with Crippen LogP contribution in [0.5, 0.6) is 0 Å². The van der Waals surface area contributed by atoms with Gasteiger partial charge in [0.25, 0.3) is 0 Å². The third kappa shape index (κ3) is 2.95. The van der Waals surface area contributed by atoms with Crippen LogP contribution in [-0.2, 0) is 14.6 Å². The number of carboxylic acids is 1. The minimum Gasteiger partial charge on any atom is -0.481 e. The minimum absolute atomic E-state index is 0.111. The lowest BCUT2D eigenvalue weighted by Gasteiger charge is -2.21. The van der Waals surface area contributed by atoms with Crippen molar-refractivity contribution in [2.24, 2.45) is 5.92 Å². The zero-order chi connectivity index (χ0) is 14.8. The molecule has 1 aromatic carbocycles. The summed E-state index contributed by atoms with van der Waals surface area (Å²) in [5.74, 6) is -1.13. The number of sulfone groups is 1. The van der Waals surface area contributed by atoms with E-state index in [0.29, 0.717) is 36.5 Å². The van der Waals surface area contributed by atoms with Crippen LogP contribution in [-0.4, -0.2) is 38.3 Å². The molecule has 0 bridgehead atoms. The fourth-order valence-electron chi connectivity index (χ4n) is 2.54. The Balaban J connectivity index is 2.32. The molecular weight excluding hydrogens is 278 g/mol. The molecule has 1 aliphatic heterocycles. The van der Waals surface area contributed by atoms with Crippen molar-refractivity contribution in [1.29, 1.82) is 0 Å². The number of anilines is 1. The van der Waals surface area contributed by atoms with Crippen molar-refractivity contribution in [2.75, 3.05) is 23.7 Å². The van der Waals surface area contributed by atoms with Gasteiger partial charge in [0.15, 0.2) is 9.84 Å². The molecule has 1 atom stereocenters. The molecule has 0 amide bonds. The Hall–Kier alpha value is -1.56. The second kappa shape index (κ2) is 5.83. The molecule has 110 valence electrons. The van der Waals surface area contributed by atoms with Gasteiger partial charge < -0.3 is 10.0 Å². The normalized spacial score (nSPS) is 19.2. The highest BCUT2D eigenvalue weighted by molar-refractivity contribution is 7.91. The third-order valence-electron chi connectivity index (χ3n) is 3.55. The van der Waals surface area contributed by atoms with E-state index in [4.69, 9.17) is 5.11 Å². The number of hydrogen-bond donors (Lipinski definition) is 1. The molecule has 1 aromatic rings. The first-order valence-corrected chi connectivity index (χ1v) is 8.40. The second-order valence-electron chi connectivity index (χ2n) is 5.06. The maximum atomic E-state index is 12.3. The highest BCUT2D eigenvalue weighted by Crippen LogP contribution is 2.30. The maximum absolute atomic E-state index is 12.3. The van der Waals surface area contributed by atoms with Gasteiger partial charge in [-0.05, 0) is 25.0 Å². The molecule has 1 N–H and O–H groups in total. The van der Waals surface area contributed by atoms with E-state index in [-0.39, 0.29) is 5.75 Å². The lowest BCUT2D eigenvalue weighted by Crippen LogP contribution is -2.24. The Kier molecular flexibility index (Phi) is 4.32. The molecule has 1 aliphatic rings. The first-order valence-electron chi connectivity index (χ1n) is 6.75. The number of para-hydroxylation sites is 1. The fourth-order valence-corrected chi connectivity index (χ4v) is 4.10. The number of aliphatic carboxylic acids is 1. The zero-order valence-electron chi connectivity index (χ0n) is 11.4. The van der Waals surface area contributed by atoms with Gasteiger partial charge in [-0.2, -0.15) is 0 Å². The summed E-state index contributed by atoms with van der Waals surface area (Å²) in [6.45, 7) is 2.78. The van der Waals surface area contributed by atoms with Gasteiger partial charge in [0, 0.05) is 13.1 Å². The van der Waals surface area contributed by atoms with Crippen LogP contribution in [0.3, 0.4) is 0 Å². The van der Waals surface area contributed by atoms with Crippen molar-refractivity contribution in [3.05, 3.63) is 24.3 Å². The first kappa shape index (κ1) is 14.8. The summed E-state index contributed by atoms with van der Waals surface area (Å²) >= 11 is 0. The molecule has 6 heteroatoms. The molecule has 0 aromatic heterocycles. The number of rotatable bonds is 5. The number of benzene rings is 1. The number of carbonyl (C=O) groups is 1. The van der Waals surface area contributed by atoms with E-state index in [2.05, 4.69) is 0 Å². The molecule has 0 aliphatic carbocycles. The van der Waals surface area contributed by atoms with Crippen LogP contribution >= 0.6 is 0 Å². The summed E-state index contributed by atoms with van der Waals surface area (Å²) in [4.78, 5) is 13.2. The van der Waals surface area contributed by atoms with E-state index in [1.807, 2.05) is 11.8 Å². The van der Waals surface area contributed by atoms with Gasteiger partial charge in [-0.1, -0.05) is 19.1 Å². The van der Waals surface area contributed by atoms with Crippen LogP contribution in [0, 0.1) is 5.92 Å². The largest absolute Gasteiger partial charge is 0.481 e. The average Bonchev–Trinajstić information content (AvgIpc) is 2.88. The molecule has 1 heterocycles. The fraction of sp³-hybridized carbons (Fsp3) is 0.500. The van der Waals surface area contributed by atoms with Crippen LogP contribution < -0.4 is 4.90 Å². The molecule has 0 spiro atoms. The summed E-state index contributed by atoms with van der Waals surface area (Å²) < 4.78 is 24.6. The van der Waals surface area contributed by atoms with Gasteiger partial charge in [-0.15, -0.1) is 0 Å². The minimum atomic E-state index is -3.31. The number of carboxylic acid groups (broad SMARTS) is 1. The van der Waals surface area contributed by atoms with Crippen molar-refractivity contribution in [1.82, 2.24) is 0 Å². The highest BCUT2D eigenvalue weighted by Gasteiger charge is 2.30. The first-order chi connectivity index (χ1) is 9.45. The van der Waals surface area contributed by atoms with E-state index >= 15 is 0 Å². The highest BCUT2D eigenvalue weighted by atomic mass is 32.2. The van der Waals surface area contributed by atoms with E-state index in [1.54, 1.807) is 24.3 Å². The van der Waals surface area contributed by atoms with Crippen LogP contribution in [0.1, 0.15) is 19.8 Å². The average molecular weight is 297 g/mol. The van der Waals surface area contributed by atoms with Crippen molar-refractivity contribution in [3.8, 4) is 0 Å². The molecule has 2 rings (SSSR count). The topological polar surface area (TPSA) is 74.7 Å². The van der Waals surface area contributed by atoms with Gasteiger partial charge in [-0.3, -0.25) is 4.79 Å². The van der Waals surface area contributed by atoms with Gasteiger partial charge in [0.1, 0.15) is 0 Å². The Morgan fingerprint density at radius 2 is 2.10 bits per heavy atom. The van der Waals surface area contributed by atoms with Gasteiger partial charge in [0.05, 0.1) is 22.3 Å². The van der Waals surface area contributed by atoms with E-state index in [1.165, 1.54) is 0 Å². The van der Waals surface area contributed by atoms with E-state index in [9.17, 15) is 13.2 Å². The van der Waals surface area contributed by atoms with Crippen LogP contribution in [0.2, 0.25) is 0 Å². The van der Waals surface area contributed by atoms with Crippen molar-refractivity contribution in [3.63, 3.8) is 0 Å². The van der Waals surface area contributed by atoms with Crippen molar-refractivity contribution >= 4 is 21.5 Å². The molecule has 1 unspecified atom stereocenters. The molecule has 20 heavy (non-hydrogen) atoms. The summed E-state index contributed by atoms with van der Waals surface area (Å²) in [5, 5.41) is 9.05. The number of nitrogens with zero attached hydrogens (tertiary/aromatic N) is 1. The van der Waals surface area contributed by atoms with Crippen molar-refractivity contribution < 1.29 is 18.3 Å². The quantitative estimate of drug-likeness (QED) is 0.896. The molecular formula is C14H19NO4S. The molecule has 1 saturated heterocycles. The molecule has 0 saturated carbocycles. The number of hydrogen-bond acceptors (Lipinski definition) is 4. The predicted octanol–water partition coefficient (Wildman–Crippen LogP) is 1.78. The van der Waals surface area contributed by atoms with Gasteiger partial charge in [-0.25, -0.2) is 8.42 Å². The lowest BCUT2D eigenvalue weighted by atomic mass is 10.1. The summed E-state index contributed by atoms with van der Waals surface area (Å²) in [6, 6.07) is 6.85. The Morgan fingerprint density at radius 3 is 2.70 bits per heavy atom. The van der Waals surface area contributed by atoms with Gasteiger partial charge in [0.2, 0.25) is 0 Å². The maximum Gasteiger partial charge on any atom is 0.308 e. The second-order valence-corrected chi connectivity index (χ2v) is 7.13. The van der Waals surface area contributed by atoms with E-state index < -0.39 is 21.7 Å². The van der Waals surface area contributed by atoms with Gasteiger partial charge >= 0.3 is 5.97 Å². The standard InChI is InChI=1S/C14H19NO4S/c1-2-9-20(18,19)13-6-4-3-5-12(13)15-8-7-11(10-15)14(16)17/h3-6,11H,2,7-10H2,1H3,(H,16,17). The SMILES string of the molecule is CCCS(=O)(=O)c1ccccc1N1CCC(C(=O)O)C1. The lowest BCUT2D eigenvalue weighted by molar-refractivity contribution is -0.140.